The number of hydrazone groups is 1. The van der Waals surface area contributed by atoms with Crippen LogP contribution in [0.25, 0.3) is 0 Å². The Bertz CT molecular complexity index is 1740. The van der Waals surface area contributed by atoms with Gasteiger partial charge >= 0.3 is 0 Å². The van der Waals surface area contributed by atoms with Crippen LogP contribution in [-0.2, 0) is 16.2 Å². The van der Waals surface area contributed by atoms with E-state index in [0.717, 1.165) is 36.4 Å². The number of hydrogen-bond donors (Lipinski definition) is 0. The number of nitro benzene ring substituents is 1. The highest BCUT2D eigenvalue weighted by Crippen LogP contribution is 2.61. The minimum absolute atomic E-state index is 0.0120. The van der Waals surface area contributed by atoms with Gasteiger partial charge in [-0.3, -0.25) is 19.7 Å². The number of imide groups is 1. The van der Waals surface area contributed by atoms with Crippen molar-refractivity contribution < 1.29 is 24.0 Å². The molecular formula is C34H26IN3O6. The van der Waals surface area contributed by atoms with Crippen LogP contribution in [0.2, 0.25) is 0 Å². The lowest BCUT2D eigenvalue weighted by Gasteiger charge is -2.45. The molecule has 1 fully saturated rings. The van der Waals surface area contributed by atoms with Gasteiger partial charge in [0.15, 0.2) is 11.5 Å². The second-order valence-corrected chi connectivity index (χ2v) is 12.1. The zero-order chi connectivity index (χ0) is 30.5. The maximum absolute atomic E-state index is 13.9. The van der Waals surface area contributed by atoms with Crippen LogP contribution < -0.4 is 9.47 Å². The Hall–Kier alpha value is -4.58. The quantitative estimate of drug-likeness (QED) is 0.0692. The summed E-state index contributed by atoms with van der Waals surface area (Å²) in [7, 11) is 0. The van der Waals surface area contributed by atoms with Crippen molar-refractivity contribution in [3.8, 4) is 11.5 Å². The highest BCUT2D eigenvalue weighted by molar-refractivity contribution is 14.1. The molecule has 220 valence electrons. The number of amides is 2. The smallest absolute Gasteiger partial charge is 0.269 e. The molecule has 0 radical (unpaired) electrons. The summed E-state index contributed by atoms with van der Waals surface area (Å²) in [5.74, 6) is -0.920. The molecule has 4 aromatic rings. The fraction of sp³-hybridized carbons (Fsp3) is 0.206. The number of nitro groups is 1. The van der Waals surface area contributed by atoms with Crippen molar-refractivity contribution in [3.63, 3.8) is 0 Å². The summed E-state index contributed by atoms with van der Waals surface area (Å²) >= 11 is 2.14. The normalized spacial score (nSPS) is 21.3. The third kappa shape index (κ3) is 4.55. The number of halogens is 1. The lowest BCUT2D eigenvalue weighted by atomic mass is 9.55. The summed E-state index contributed by atoms with van der Waals surface area (Å²) in [6.45, 7) is 2.44. The van der Waals surface area contributed by atoms with E-state index in [4.69, 9.17) is 9.47 Å². The van der Waals surface area contributed by atoms with E-state index in [0.29, 0.717) is 23.7 Å². The Balaban J connectivity index is 1.15. The van der Waals surface area contributed by atoms with Crippen molar-refractivity contribution in [1.82, 2.24) is 5.01 Å². The van der Waals surface area contributed by atoms with Gasteiger partial charge in [-0.05, 0) is 87.2 Å². The van der Waals surface area contributed by atoms with Gasteiger partial charge in [0.25, 0.3) is 17.5 Å². The van der Waals surface area contributed by atoms with Crippen LogP contribution in [0.3, 0.4) is 0 Å². The van der Waals surface area contributed by atoms with E-state index in [2.05, 4.69) is 52.0 Å². The third-order valence-electron chi connectivity index (χ3n) is 8.61. The second kappa shape index (κ2) is 11.2. The molecule has 10 heteroatoms. The lowest BCUT2D eigenvalue weighted by Crippen LogP contribution is -2.41. The summed E-state index contributed by atoms with van der Waals surface area (Å²) in [5.41, 5.74) is 5.89. The summed E-state index contributed by atoms with van der Waals surface area (Å²) in [6.07, 6.45) is 1.51. The molecule has 1 aliphatic heterocycles. The Morgan fingerprint density at radius 3 is 1.91 bits per heavy atom. The number of ether oxygens (including phenoxy) is 2. The molecule has 3 aliphatic carbocycles. The molecule has 1 saturated heterocycles. The van der Waals surface area contributed by atoms with Crippen molar-refractivity contribution in [2.75, 3.05) is 6.61 Å². The Kier molecular flexibility index (Phi) is 7.16. The lowest BCUT2D eigenvalue weighted by molar-refractivity contribution is -0.384. The van der Waals surface area contributed by atoms with Crippen molar-refractivity contribution >= 4 is 46.3 Å². The number of hydrogen-bond acceptors (Lipinski definition) is 7. The molecule has 1 heterocycles. The fourth-order valence-corrected chi connectivity index (χ4v) is 7.62. The van der Waals surface area contributed by atoms with Crippen LogP contribution in [0.15, 0.2) is 90.0 Å². The van der Waals surface area contributed by atoms with Gasteiger partial charge in [0.2, 0.25) is 0 Å². The van der Waals surface area contributed by atoms with Crippen molar-refractivity contribution in [3.05, 3.63) is 132 Å². The van der Waals surface area contributed by atoms with E-state index >= 15 is 0 Å². The molecule has 4 aliphatic rings. The third-order valence-corrected chi connectivity index (χ3v) is 9.41. The van der Waals surface area contributed by atoms with Gasteiger partial charge in [0.1, 0.15) is 6.61 Å². The first-order chi connectivity index (χ1) is 21.4. The first-order valence-corrected chi connectivity index (χ1v) is 15.4. The Morgan fingerprint density at radius 2 is 1.41 bits per heavy atom. The van der Waals surface area contributed by atoms with Gasteiger partial charge in [-0.25, -0.2) is 0 Å². The minimum atomic E-state index is -0.497. The number of benzene rings is 4. The van der Waals surface area contributed by atoms with Crippen LogP contribution in [0.5, 0.6) is 11.5 Å². The Labute approximate surface area is 266 Å². The van der Waals surface area contributed by atoms with E-state index in [-0.39, 0.29) is 35.9 Å². The Morgan fingerprint density at radius 1 is 0.864 bits per heavy atom. The zero-order valence-electron chi connectivity index (χ0n) is 23.6. The molecule has 2 atom stereocenters. The van der Waals surface area contributed by atoms with Crippen LogP contribution in [0, 0.1) is 25.5 Å². The number of carbonyl (C=O) groups is 2. The number of rotatable bonds is 8. The summed E-state index contributed by atoms with van der Waals surface area (Å²) in [5, 5.41) is 16.5. The minimum Gasteiger partial charge on any atom is -0.490 e. The maximum Gasteiger partial charge on any atom is 0.269 e. The van der Waals surface area contributed by atoms with Crippen LogP contribution >= 0.6 is 22.6 Å². The summed E-state index contributed by atoms with van der Waals surface area (Å²) < 4.78 is 12.7. The van der Waals surface area contributed by atoms with Crippen molar-refractivity contribution in [1.29, 1.82) is 0 Å². The molecule has 0 saturated carbocycles. The molecule has 2 bridgehead atoms. The van der Waals surface area contributed by atoms with E-state index in [9.17, 15) is 19.7 Å². The molecule has 0 unspecified atom stereocenters. The van der Waals surface area contributed by atoms with Gasteiger partial charge in [-0.15, -0.1) is 0 Å². The number of non-ortho nitro benzene ring substituents is 1. The van der Waals surface area contributed by atoms with Crippen LogP contribution in [0.4, 0.5) is 5.69 Å². The van der Waals surface area contributed by atoms with E-state index in [1.165, 1.54) is 18.3 Å². The molecular weight excluding hydrogens is 673 g/mol. The van der Waals surface area contributed by atoms with Gasteiger partial charge in [-0.2, -0.15) is 10.1 Å². The predicted octanol–water partition coefficient (Wildman–Crippen LogP) is 6.40. The first kappa shape index (κ1) is 28.2. The van der Waals surface area contributed by atoms with Gasteiger partial charge in [0, 0.05) is 24.0 Å². The molecule has 44 heavy (non-hydrogen) atoms. The average molecular weight is 700 g/mol. The summed E-state index contributed by atoms with van der Waals surface area (Å²) in [4.78, 5) is 38.2. The molecule has 0 aromatic heterocycles. The van der Waals surface area contributed by atoms with Gasteiger partial charge < -0.3 is 9.47 Å². The highest BCUT2D eigenvalue weighted by Gasteiger charge is 2.61. The van der Waals surface area contributed by atoms with Gasteiger partial charge in [0.05, 0.1) is 33.2 Å². The molecule has 0 N–H and O–H groups in total. The monoisotopic (exact) mass is 699 g/mol. The largest absolute Gasteiger partial charge is 0.490 e. The molecule has 8 rings (SSSR count). The standard InChI is InChI=1S/C34H26IN3O6/c1-2-43-27-16-20(15-26(35)32(27)44-18-19-11-13-21(14-12-19)38(41)42)17-36-37-33(39)30-28-22-7-3-4-8-23(22)29(31(30)34(37)40)25-10-6-5-9-24(25)28/h3-17,28-31H,2,18H2,1H3/b36-17-/t28?,29?,30-,31-/m1/s1. The fourth-order valence-electron chi connectivity index (χ4n) is 6.83. The van der Waals surface area contributed by atoms with E-state index < -0.39 is 16.8 Å². The van der Waals surface area contributed by atoms with Crippen molar-refractivity contribution in [2.45, 2.75) is 25.4 Å². The highest BCUT2D eigenvalue weighted by atomic mass is 127. The number of carbonyl (C=O) groups excluding carboxylic acids is 2. The second-order valence-electron chi connectivity index (χ2n) is 11.0. The van der Waals surface area contributed by atoms with E-state index in [1.54, 1.807) is 18.2 Å². The molecule has 0 spiro atoms. The molecule has 4 aromatic carbocycles. The average Bonchev–Trinajstić information content (AvgIpc) is 3.29. The molecule has 9 nitrogen and oxygen atoms in total. The predicted molar refractivity (Wildman–Crippen MR) is 171 cm³/mol. The SMILES string of the molecule is CCOc1cc(/C=N\N2C(=O)[C@@H]3C4c5ccccc5C(c5ccccc54)[C@H]3C2=O)cc(I)c1OCc1ccc([N+](=O)[O-])cc1. The van der Waals surface area contributed by atoms with Gasteiger partial charge in [-0.1, -0.05) is 48.5 Å². The van der Waals surface area contributed by atoms with E-state index in [1.807, 2.05) is 37.3 Å². The van der Waals surface area contributed by atoms with Crippen LogP contribution in [-0.4, -0.2) is 34.6 Å². The van der Waals surface area contributed by atoms with Crippen LogP contribution in [0.1, 0.15) is 52.1 Å². The number of nitrogens with zero attached hydrogens (tertiary/aromatic N) is 3. The summed E-state index contributed by atoms with van der Waals surface area (Å²) in [6, 6.07) is 26.0. The topological polar surface area (TPSA) is 111 Å². The van der Waals surface area contributed by atoms with Crippen molar-refractivity contribution in [2.24, 2.45) is 16.9 Å². The maximum atomic E-state index is 13.9. The zero-order valence-corrected chi connectivity index (χ0v) is 25.7. The first-order valence-electron chi connectivity index (χ1n) is 14.3. The molecule has 2 amide bonds.